The van der Waals surface area contributed by atoms with Crippen LogP contribution in [0.1, 0.15) is 19.3 Å². The third kappa shape index (κ3) is 2.83. The summed E-state index contributed by atoms with van der Waals surface area (Å²) in [5, 5.41) is 0. The van der Waals surface area contributed by atoms with E-state index >= 15 is 0 Å². The van der Waals surface area contributed by atoms with Gasteiger partial charge in [-0.2, -0.15) is 0 Å². The predicted molar refractivity (Wildman–Crippen MR) is 88.9 cm³/mol. The van der Waals surface area contributed by atoms with Crippen molar-refractivity contribution in [2.24, 2.45) is 0 Å². The van der Waals surface area contributed by atoms with Crippen molar-refractivity contribution in [3.8, 4) is 5.75 Å². The van der Waals surface area contributed by atoms with Gasteiger partial charge in [0.1, 0.15) is 18.4 Å². The average Bonchev–Trinajstić information content (AvgIpc) is 3.28. The molecule has 0 radical (unpaired) electrons. The minimum Gasteiger partial charge on any atom is -0.492 e. The predicted octanol–water partition coefficient (Wildman–Crippen LogP) is 1.09. The Labute approximate surface area is 146 Å². The van der Waals surface area contributed by atoms with Crippen molar-refractivity contribution < 1.29 is 19.1 Å². The molecule has 0 saturated carbocycles. The molecular weight excluding hydrogens is 322 g/mol. The van der Waals surface area contributed by atoms with Crippen molar-refractivity contribution in [3.05, 3.63) is 30.3 Å². The minimum absolute atomic E-state index is 0.0330. The molecule has 3 heterocycles. The number of carbonyl (C=O) groups is 3. The molecule has 0 spiro atoms. The van der Waals surface area contributed by atoms with Crippen LogP contribution in [0.4, 0.5) is 4.79 Å². The number of hydrogen-bond acceptors (Lipinski definition) is 4. The second-order valence-corrected chi connectivity index (χ2v) is 6.70. The van der Waals surface area contributed by atoms with Crippen molar-refractivity contribution in [2.75, 3.05) is 26.2 Å². The van der Waals surface area contributed by atoms with Crippen LogP contribution in [0.5, 0.6) is 5.75 Å². The summed E-state index contributed by atoms with van der Waals surface area (Å²) in [5.74, 6) is 0.591. The number of ether oxygens (including phenoxy) is 1. The van der Waals surface area contributed by atoms with Crippen LogP contribution in [0.25, 0.3) is 0 Å². The highest BCUT2D eigenvalue weighted by Gasteiger charge is 2.51. The van der Waals surface area contributed by atoms with E-state index < -0.39 is 0 Å². The molecule has 0 N–H and O–H groups in total. The molecule has 25 heavy (non-hydrogen) atoms. The fourth-order valence-corrected chi connectivity index (χ4v) is 3.91. The molecule has 4 amide bonds. The van der Waals surface area contributed by atoms with Crippen LogP contribution in [0.15, 0.2) is 30.3 Å². The summed E-state index contributed by atoms with van der Waals surface area (Å²) in [6.45, 7) is 1.88. The Bertz CT molecular complexity index is 671. The highest BCUT2D eigenvalue weighted by atomic mass is 16.5. The van der Waals surface area contributed by atoms with E-state index in [1.54, 1.807) is 9.80 Å². The molecule has 7 heteroatoms. The summed E-state index contributed by atoms with van der Waals surface area (Å²) in [4.78, 5) is 41.9. The Morgan fingerprint density at radius 2 is 1.92 bits per heavy atom. The summed E-state index contributed by atoms with van der Waals surface area (Å²) in [5.41, 5.74) is 0. The SMILES string of the molecule is O=C1C[C@@H](N2C(=O)[C@@H]3CCCN3C2=O)CN1CCOc1ccccc1. The van der Waals surface area contributed by atoms with Gasteiger partial charge >= 0.3 is 6.03 Å². The van der Waals surface area contributed by atoms with Crippen molar-refractivity contribution in [1.82, 2.24) is 14.7 Å². The standard InChI is InChI=1S/C18H21N3O4/c22-16-11-13(21-17(23)15-7-4-8-20(15)18(21)24)12-19(16)9-10-25-14-5-2-1-3-6-14/h1-3,5-6,13,15H,4,7-12H2/t13-,15+/m1/s1. The summed E-state index contributed by atoms with van der Waals surface area (Å²) >= 11 is 0. The Balaban J connectivity index is 1.34. The monoisotopic (exact) mass is 343 g/mol. The van der Waals surface area contributed by atoms with E-state index in [1.807, 2.05) is 30.3 Å². The smallest absolute Gasteiger partial charge is 0.327 e. The molecule has 7 nitrogen and oxygen atoms in total. The second-order valence-electron chi connectivity index (χ2n) is 6.70. The average molecular weight is 343 g/mol. The quantitative estimate of drug-likeness (QED) is 0.751. The summed E-state index contributed by atoms with van der Waals surface area (Å²) in [6, 6.07) is 8.54. The van der Waals surface area contributed by atoms with Crippen LogP contribution in [-0.2, 0) is 9.59 Å². The highest BCUT2D eigenvalue weighted by molar-refractivity contribution is 6.05. The van der Waals surface area contributed by atoms with Gasteiger partial charge in [-0.15, -0.1) is 0 Å². The Kier molecular flexibility index (Phi) is 4.07. The number of para-hydroxylation sites is 1. The fraction of sp³-hybridized carbons (Fsp3) is 0.500. The van der Waals surface area contributed by atoms with Crippen molar-refractivity contribution in [1.29, 1.82) is 0 Å². The van der Waals surface area contributed by atoms with Crippen LogP contribution in [-0.4, -0.2) is 70.9 Å². The van der Waals surface area contributed by atoms with E-state index in [0.29, 0.717) is 26.2 Å². The zero-order chi connectivity index (χ0) is 17.4. The molecule has 0 bridgehead atoms. The van der Waals surface area contributed by atoms with E-state index in [9.17, 15) is 14.4 Å². The maximum Gasteiger partial charge on any atom is 0.327 e. The minimum atomic E-state index is -0.352. The lowest BCUT2D eigenvalue weighted by Gasteiger charge is -2.22. The lowest BCUT2D eigenvalue weighted by Crippen LogP contribution is -2.43. The van der Waals surface area contributed by atoms with E-state index in [-0.39, 0.29) is 36.3 Å². The molecule has 0 aromatic heterocycles. The van der Waals surface area contributed by atoms with E-state index in [2.05, 4.69) is 0 Å². The third-order valence-electron chi connectivity index (χ3n) is 5.16. The zero-order valence-electron chi connectivity index (χ0n) is 14.0. The summed E-state index contributed by atoms with van der Waals surface area (Å²) < 4.78 is 5.63. The first-order chi connectivity index (χ1) is 12.1. The van der Waals surface area contributed by atoms with Gasteiger partial charge in [0.15, 0.2) is 0 Å². The van der Waals surface area contributed by atoms with Crippen LogP contribution in [0, 0.1) is 0 Å². The topological polar surface area (TPSA) is 70.2 Å². The van der Waals surface area contributed by atoms with Gasteiger partial charge in [0.25, 0.3) is 5.91 Å². The number of amides is 4. The van der Waals surface area contributed by atoms with Gasteiger partial charge in [-0.25, -0.2) is 4.79 Å². The highest BCUT2D eigenvalue weighted by Crippen LogP contribution is 2.31. The lowest BCUT2D eigenvalue weighted by atomic mass is 10.2. The molecule has 4 rings (SSSR count). The zero-order valence-corrected chi connectivity index (χ0v) is 14.0. The van der Waals surface area contributed by atoms with Gasteiger partial charge in [-0.05, 0) is 25.0 Å². The molecule has 1 aromatic rings. The Hall–Kier alpha value is -2.57. The van der Waals surface area contributed by atoms with Gasteiger partial charge in [-0.3, -0.25) is 14.5 Å². The number of nitrogens with zero attached hydrogens (tertiary/aromatic N) is 3. The Morgan fingerprint density at radius 3 is 2.68 bits per heavy atom. The Morgan fingerprint density at radius 1 is 1.12 bits per heavy atom. The lowest BCUT2D eigenvalue weighted by molar-refractivity contribution is -0.129. The molecule has 3 saturated heterocycles. The number of urea groups is 1. The van der Waals surface area contributed by atoms with Crippen LogP contribution < -0.4 is 4.74 Å². The molecule has 0 aliphatic carbocycles. The normalized spacial score (nSPS) is 25.9. The second kappa shape index (κ2) is 6.38. The van der Waals surface area contributed by atoms with E-state index in [4.69, 9.17) is 4.74 Å². The number of rotatable bonds is 5. The van der Waals surface area contributed by atoms with Crippen molar-refractivity contribution in [2.45, 2.75) is 31.3 Å². The van der Waals surface area contributed by atoms with Crippen molar-refractivity contribution in [3.63, 3.8) is 0 Å². The van der Waals surface area contributed by atoms with Crippen LogP contribution in [0.2, 0.25) is 0 Å². The van der Waals surface area contributed by atoms with Crippen molar-refractivity contribution >= 4 is 17.8 Å². The maximum absolute atomic E-state index is 12.5. The molecule has 1 aromatic carbocycles. The molecule has 132 valence electrons. The summed E-state index contributed by atoms with van der Waals surface area (Å²) in [7, 11) is 0. The first kappa shape index (κ1) is 15.9. The fourth-order valence-electron chi connectivity index (χ4n) is 3.91. The van der Waals surface area contributed by atoms with Gasteiger partial charge < -0.3 is 14.5 Å². The van der Waals surface area contributed by atoms with Gasteiger partial charge in [-0.1, -0.05) is 18.2 Å². The maximum atomic E-state index is 12.5. The molecule has 2 atom stereocenters. The first-order valence-corrected chi connectivity index (χ1v) is 8.74. The van der Waals surface area contributed by atoms with E-state index in [0.717, 1.165) is 18.6 Å². The first-order valence-electron chi connectivity index (χ1n) is 8.74. The number of hydrogen-bond donors (Lipinski definition) is 0. The molecular formula is C18H21N3O4. The van der Waals surface area contributed by atoms with Gasteiger partial charge in [0.05, 0.1) is 12.6 Å². The molecule has 3 aliphatic heterocycles. The number of fused-ring (bicyclic) bond motifs is 1. The van der Waals surface area contributed by atoms with Crippen LogP contribution in [0.3, 0.4) is 0 Å². The number of benzene rings is 1. The number of carbonyl (C=O) groups excluding carboxylic acids is 3. The number of imide groups is 1. The molecule has 0 unspecified atom stereocenters. The number of likely N-dealkylation sites (tertiary alicyclic amines) is 1. The third-order valence-corrected chi connectivity index (χ3v) is 5.16. The van der Waals surface area contributed by atoms with E-state index in [1.165, 1.54) is 4.90 Å². The van der Waals surface area contributed by atoms with Gasteiger partial charge in [0.2, 0.25) is 5.91 Å². The molecule has 3 fully saturated rings. The van der Waals surface area contributed by atoms with Crippen LogP contribution >= 0.6 is 0 Å². The summed E-state index contributed by atoms with van der Waals surface area (Å²) in [6.07, 6.45) is 1.82. The van der Waals surface area contributed by atoms with Gasteiger partial charge in [0, 0.05) is 19.5 Å². The largest absolute Gasteiger partial charge is 0.492 e. The molecule has 3 aliphatic rings.